The molecule has 2 aromatic heterocycles. The first-order valence-corrected chi connectivity index (χ1v) is 13.6. The van der Waals surface area contributed by atoms with E-state index in [1.54, 1.807) is 25.4 Å². The number of aromatic nitrogens is 2. The number of hydrogen-bond donors (Lipinski definition) is 0. The fourth-order valence-corrected chi connectivity index (χ4v) is 3.29. The van der Waals surface area contributed by atoms with Crippen molar-refractivity contribution in [3.63, 3.8) is 0 Å². The molecule has 1 atom stereocenters. The van der Waals surface area contributed by atoms with Gasteiger partial charge in [-0.3, -0.25) is 14.6 Å². The van der Waals surface area contributed by atoms with Crippen LogP contribution in [0.15, 0.2) is 40.3 Å². The molecular weight excluding hydrogens is 498 g/mol. The van der Waals surface area contributed by atoms with Gasteiger partial charge < -0.3 is 18.8 Å². The van der Waals surface area contributed by atoms with E-state index in [4.69, 9.17) is 18.8 Å². The minimum absolute atomic E-state index is 0.116. The molecule has 39 heavy (non-hydrogen) atoms. The highest BCUT2D eigenvalue weighted by atomic mass is 16.6. The quantitative estimate of drug-likeness (QED) is 0.103. The predicted octanol–water partition coefficient (Wildman–Crippen LogP) is 6.42. The number of nitrogens with zero attached hydrogens (tertiary/aromatic N) is 3. The molecule has 0 aliphatic heterocycles. The van der Waals surface area contributed by atoms with Crippen LogP contribution in [0.4, 0.5) is 0 Å². The van der Waals surface area contributed by atoms with E-state index in [-0.39, 0.29) is 30.8 Å². The van der Waals surface area contributed by atoms with E-state index in [2.05, 4.69) is 15.3 Å². The van der Waals surface area contributed by atoms with Gasteiger partial charge in [0, 0.05) is 29.7 Å². The Balaban J connectivity index is 1.89. The molecule has 9 heteroatoms. The highest BCUT2D eigenvalue weighted by molar-refractivity contribution is 5.98. The van der Waals surface area contributed by atoms with E-state index < -0.39 is 22.9 Å². The Morgan fingerprint density at radius 3 is 2.36 bits per heavy atom. The minimum Gasteiger partial charge on any atom is -0.465 e. The van der Waals surface area contributed by atoms with Crippen LogP contribution in [-0.4, -0.2) is 46.4 Å². The normalized spacial score (nSPS) is 13.7. The van der Waals surface area contributed by atoms with Crippen LogP contribution in [0.5, 0.6) is 0 Å². The average molecular weight is 544 g/mol. The Morgan fingerprint density at radius 2 is 1.79 bits per heavy atom. The van der Waals surface area contributed by atoms with Gasteiger partial charge in [0.2, 0.25) is 0 Å². The standard InChI is InChI=1S/C30H45N3O6/c1-10-23(33-38-19-24-13-12-22(17-31-24)26-14-15-32-39-26)18-37-30(8,9)29(6,7)16-25(34)21(3)27(35)36-20-28(4,5)11-2/h12-15,17,21H,10-11,16,18-20H2,1-9H3/b33-23+. The maximum atomic E-state index is 13.0. The van der Waals surface area contributed by atoms with Gasteiger partial charge >= 0.3 is 5.97 Å². The first-order valence-electron chi connectivity index (χ1n) is 13.6. The highest BCUT2D eigenvalue weighted by Gasteiger charge is 2.41. The summed E-state index contributed by atoms with van der Waals surface area (Å²) in [7, 11) is 0. The molecule has 0 amide bonds. The van der Waals surface area contributed by atoms with Gasteiger partial charge in [-0.05, 0) is 51.2 Å². The molecule has 0 radical (unpaired) electrons. The van der Waals surface area contributed by atoms with Crippen molar-refractivity contribution >= 4 is 17.5 Å². The number of pyridine rings is 1. The molecule has 0 fully saturated rings. The fourth-order valence-electron chi connectivity index (χ4n) is 3.29. The van der Waals surface area contributed by atoms with Crippen LogP contribution in [0.1, 0.15) is 87.3 Å². The second kappa shape index (κ2) is 13.8. The van der Waals surface area contributed by atoms with Crippen LogP contribution in [-0.2, 0) is 30.5 Å². The second-order valence-electron chi connectivity index (χ2n) is 11.9. The third kappa shape index (κ3) is 9.56. The van der Waals surface area contributed by atoms with Gasteiger partial charge in [-0.15, -0.1) is 0 Å². The minimum atomic E-state index is -0.827. The molecule has 0 aromatic carbocycles. The summed E-state index contributed by atoms with van der Waals surface area (Å²) in [4.78, 5) is 35.4. The molecule has 9 nitrogen and oxygen atoms in total. The summed E-state index contributed by atoms with van der Waals surface area (Å²) < 4.78 is 16.8. The van der Waals surface area contributed by atoms with Crippen LogP contribution in [0.2, 0.25) is 0 Å². The van der Waals surface area contributed by atoms with Crippen LogP contribution in [0, 0.1) is 16.7 Å². The van der Waals surface area contributed by atoms with Gasteiger partial charge in [-0.2, -0.15) is 0 Å². The van der Waals surface area contributed by atoms with Gasteiger partial charge in [-0.1, -0.05) is 51.9 Å². The number of carbonyl (C=O) groups excluding carboxylic acids is 2. The number of esters is 1. The molecule has 0 saturated carbocycles. The topological polar surface area (TPSA) is 113 Å². The van der Waals surface area contributed by atoms with Crippen LogP contribution >= 0.6 is 0 Å². The van der Waals surface area contributed by atoms with Crippen molar-refractivity contribution in [2.45, 2.75) is 93.8 Å². The molecule has 216 valence electrons. The lowest BCUT2D eigenvalue weighted by molar-refractivity contribution is -0.156. The number of ether oxygens (including phenoxy) is 2. The van der Waals surface area contributed by atoms with Crippen molar-refractivity contribution in [3.8, 4) is 11.3 Å². The number of hydrogen-bond acceptors (Lipinski definition) is 9. The summed E-state index contributed by atoms with van der Waals surface area (Å²) in [6, 6.07) is 5.51. The zero-order valence-electron chi connectivity index (χ0n) is 25.0. The molecule has 1 unspecified atom stereocenters. The lowest BCUT2D eigenvalue weighted by Gasteiger charge is -2.41. The summed E-state index contributed by atoms with van der Waals surface area (Å²) in [5.41, 5.74) is 0.955. The summed E-state index contributed by atoms with van der Waals surface area (Å²) in [5.74, 6) is -0.815. The van der Waals surface area contributed by atoms with E-state index in [0.717, 1.165) is 23.4 Å². The predicted molar refractivity (Wildman–Crippen MR) is 150 cm³/mol. The van der Waals surface area contributed by atoms with Gasteiger partial charge in [-0.25, -0.2) is 0 Å². The van der Waals surface area contributed by atoms with E-state index in [1.807, 2.05) is 67.5 Å². The molecule has 0 N–H and O–H groups in total. The zero-order chi connectivity index (χ0) is 29.3. The van der Waals surface area contributed by atoms with E-state index >= 15 is 0 Å². The summed E-state index contributed by atoms with van der Waals surface area (Å²) in [6.45, 7) is 18.3. The van der Waals surface area contributed by atoms with Gasteiger partial charge in [0.25, 0.3) is 0 Å². The second-order valence-corrected chi connectivity index (χ2v) is 11.9. The van der Waals surface area contributed by atoms with Crippen molar-refractivity contribution in [2.75, 3.05) is 13.2 Å². The lowest BCUT2D eigenvalue weighted by Crippen LogP contribution is -2.45. The van der Waals surface area contributed by atoms with Crippen molar-refractivity contribution < 1.29 is 28.4 Å². The molecule has 0 saturated heterocycles. The maximum absolute atomic E-state index is 13.0. The van der Waals surface area contributed by atoms with Crippen molar-refractivity contribution in [1.82, 2.24) is 10.1 Å². The molecule has 0 aliphatic rings. The van der Waals surface area contributed by atoms with Crippen LogP contribution in [0.25, 0.3) is 11.3 Å². The number of ketones is 1. The van der Waals surface area contributed by atoms with E-state index in [0.29, 0.717) is 18.8 Å². The SMILES string of the molecule is CC/C(COC(C)(C)C(C)(C)CC(=O)C(C)C(=O)OCC(C)(C)CC)=N\OCc1ccc(-c2ccno2)cn1. The third-order valence-corrected chi connectivity index (χ3v) is 7.61. The first-order chi connectivity index (χ1) is 18.2. The first kappa shape index (κ1) is 32.1. The number of carbonyl (C=O) groups is 2. The fraction of sp³-hybridized carbons (Fsp3) is 0.633. The number of rotatable bonds is 16. The van der Waals surface area contributed by atoms with E-state index in [1.165, 1.54) is 0 Å². The summed E-state index contributed by atoms with van der Waals surface area (Å²) in [6.07, 6.45) is 4.99. The Bertz CT molecular complexity index is 1090. The maximum Gasteiger partial charge on any atom is 0.316 e. The molecule has 2 heterocycles. The van der Waals surface area contributed by atoms with Crippen molar-refractivity contribution in [2.24, 2.45) is 21.9 Å². The molecule has 0 bridgehead atoms. The lowest BCUT2D eigenvalue weighted by atomic mass is 9.72. The largest absolute Gasteiger partial charge is 0.465 e. The summed E-state index contributed by atoms with van der Waals surface area (Å²) in [5, 5.41) is 7.95. The molecule has 0 spiro atoms. The smallest absolute Gasteiger partial charge is 0.316 e. The Morgan fingerprint density at radius 1 is 1.08 bits per heavy atom. The molecule has 0 aliphatic carbocycles. The molecule has 2 rings (SSSR count). The zero-order valence-corrected chi connectivity index (χ0v) is 25.0. The third-order valence-electron chi connectivity index (χ3n) is 7.61. The average Bonchev–Trinajstić information content (AvgIpc) is 3.44. The van der Waals surface area contributed by atoms with E-state index in [9.17, 15) is 9.59 Å². The highest BCUT2D eigenvalue weighted by Crippen LogP contribution is 2.38. The number of oxime groups is 1. The van der Waals surface area contributed by atoms with Gasteiger partial charge in [0.15, 0.2) is 12.4 Å². The molecular formula is C30H45N3O6. The monoisotopic (exact) mass is 543 g/mol. The Labute approximate surface area is 232 Å². The van der Waals surface area contributed by atoms with Gasteiger partial charge in [0.05, 0.1) is 36.4 Å². The van der Waals surface area contributed by atoms with Crippen LogP contribution < -0.4 is 0 Å². The van der Waals surface area contributed by atoms with Crippen LogP contribution in [0.3, 0.4) is 0 Å². The Kier molecular flexibility index (Phi) is 11.4. The number of Topliss-reactive ketones (excluding diaryl/α,β-unsaturated/α-hetero) is 1. The van der Waals surface area contributed by atoms with Gasteiger partial charge in [0.1, 0.15) is 11.7 Å². The summed E-state index contributed by atoms with van der Waals surface area (Å²) >= 11 is 0. The van der Waals surface area contributed by atoms with Crippen molar-refractivity contribution in [3.05, 3.63) is 36.3 Å². The molecule has 2 aromatic rings. The Hall–Kier alpha value is -3.07. The van der Waals surface area contributed by atoms with Crippen molar-refractivity contribution in [1.29, 1.82) is 0 Å².